The third-order valence-electron chi connectivity index (χ3n) is 4.52. The van der Waals surface area contributed by atoms with Crippen LogP contribution in [0.4, 0.5) is 0 Å². The Labute approximate surface area is 119 Å². The third kappa shape index (κ3) is 2.38. The number of aromatic amines is 1. The third-order valence-corrected chi connectivity index (χ3v) is 4.52. The summed E-state index contributed by atoms with van der Waals surface area (Å²) < 4.78 is 0. The standard InChI is InChI=1S/C17H22N2O/c1-12-7-5-6-10-19(12)11-15-13(2)18-16-9-4-3-8-14(16)17(15)20/h3-4,8-9,12H,5-7,10-11H2,1-2H3,(H,18,20)/t12-/m1/s1. The van der Waals surface area contributed by atoms with Gasteiger partial charge in [0.2, 0.25) is 0 Å². The predicted octanol–water partition coefficient (Wildman–Crippen LogP) is 3.21. The van der Waals surface area contributed by atoms with E-state index >= 15 is 0 Å². The van der Waals surface area contributed by atoms with Crippen LogP contribution in [0.2, 0.25) is 0 Å². The molecule has 1 aromatic carbocycles. The van der Waals surface area contributed by atoms with E-state index in [1.54, 1.807) is 0 Å². The van der Waals surface area contributed by atoms with Gasteiger partial charge >= 0.3 is 0 Å². The largest absolute Gasteiger partial charge is 0.358 e. The summed E-state index contributed by atoms with van der Waals surface area (Å²) in [6.07, 6.45) is 3.80. The lowest BCUT2D eigenvalue weighted by Crippen LogP contribution is -2.38. The first-order valence-corrected chi connectivity index (χ1v) is 7.51. The smallest absolute Gasteiger partial charge is 0.194 e. The Morgan fingerprint density at radius 3 is 2.90 bits per heavy atom. The Morgan fingerprint density at radius 2 is 2.10 bits per heavy atom. The SMILES string of the molecule is Cc1[nH]c2ccccc2c(=O)c1CN1CCCC[C@H]1C. The molecule has 1 aromatic heterocycles. The second-order valence-corrected chi connectivity index (χ2v) is 5.92. The van der Waals surface area contributed by atoms with Crippen molar-refractivity contribution in [1.82, 2.24) is 9.88 Å². The van der Waals surface area contributed by atoms with Gasteiger partial charge in [0.05, 0.1) is 0 Å². The molecule has 0 radical (unpaired) electrons. The maximum Gasteiger partial charge on any atom is 0.194 e. The Hall–Kier alpha value is -1.61. The van der Waals surface area contributed by atoms with Gasteiger partial charge in [0, 0.05) is 34.7 Å². The molecule has 3 rings (SSSR count). The van der Waals surface area contributed by atoms with Gasteiger partial charge in [-0.25, -0.2) is 0 Å². The highest BCUT2D eigenvalue weighted by atomic mass is 16.1. The quantitative estimate of drug-likeness (QED) is 0.909. The second kappa shape index (κ2) is 5.41. The number of nitrogens with zero attached hydrogens (tertiary/aromatic N) is 1. The number of rotatable bonds is 2. The average Bonchev–Trinajstić information content (AvgIpc) is 2.45. The van der Waals surface area contributed by atoms with Crippen molar-refractivity contribution in [2.24, 2.45) is 0 Å². The van der Waals surface area contributed by atoms with Crippen LogP contribution in [-0.2, 0) is 6.54 Å². The monoisotopic (exact) mass is 270 g/mol. The molecule has 1 aliphatic rings. The number of aryl methyl sites for hydroxylation is 1. The van der Waals surface area contributed by atoms with Crippen molar-refractivity contribution in [2.45, 2.75) is 45.7 Å². The molecular formula is C17H22N2O. The number of nitrogens with one attached hydrogen (secondary N) is 1. The van der Waals surface area contributed by atoms with E-state index in [-0.39, 0.29) is 5.43 Å². The van der Waals surface area contributed by atoms with Gasteiger partial charge in [-0.15, -0.1) is 0 Å². The van der Waals surface area contributed by atoms with Gasteiger partial charge in [-0.05, 0) is 45.4 Å². The van der Waals surface area contributed by atoms with E-state index in [1.807, 2.05) is 31.2 Å². The molecule has 1 fully saturated rings. The molecule has 0 spiro atoms. The number of hydrogen-bond acceptors (Lipinski definition) is 2. The summed E-state index contributed by atoms with van der Waals surface area (Å²) in [5.41, 5.74) is 3.06. The summed E-state index contributed by atoms with van der Waals surface area (Å²) in [6.45, 7) is 6.15. The number of likely N-dealkylation sites (tertiary alicyclic amines) is 1. The molecule has 106 valence electrons. The highest BCUT2D eigenvalue weighted by Gasteiger charge is 2.20. The lowest BCUT2D eigenvalue weighted by molar-refractivity contribution is 0.152. The Morgan fingerprint density at radius 1 is 1.30 bits per heavy atom. The van der Waals surface area contributed by atoms with E-state index in [4.69, 9.17) is 0 Å². The van der Waals surface area contributed by atoms with Gasteiger partial charge < -0.3 is 4.98 Å². The van der Waals surface area contributed by atoms with Crippen LogP contribution in [-0.4, -0.2) is 22.5 Å². The number of pyridine rings is 1. The van der Waals surface area contributed by atoms with Crippen molar-refractivity contribution >= 4 is 10.9 Å². The highest BCUT2D eigenvalue weighted by molar-refractivity contribution is 5.79. The molecule has 0 bridgehead atoms. The lowest BCUT2D eigenvalue weighted by Gasteiger charge is -2.33. The van der Waals surface area contributed by atoms with Crippen LogP contribution in [0, 0.1) is 6.92 Å². The zero-order valence-electron chi connectivity index (χ0n) is 12.3. The number of H-pyrrole nitrogens is 1. The summed E-state index contributed by atoms with van der Waals surface area (Å²) in [5, 5.41) is 0.803. The molecule has 20 heavy (non-hydrogen) atoms. The number of piperidine rings is 1. The van der Waals surface area contributed by atoms with Crippen molar-refractivity contribution < 1.29 is 0 Å². The molecule has 0 aliphatic carbocycles. The molecule has 1 aliphatic heterocycles. The van der Waals surface area contributed by atoms with Gasteiger partial charge in [0.25, 0.3) is 0 Å². The minimum Gasteiger partial charge on any atom is -0.358 e. The number of benzene rings is 1. The fourth-order valence-electron chi connectivity index (χ4n) is 3.19. The van der Waals surface area contributed by atoms with Gasteiger partial charge in [-0.1, -0.05) is 18.6 Å². The zero-order valence-corrected chi connectivity index (χ0v) is 12.3. The lowest BCUT2D eigenvalue weighted by atomic mass is 10.0. The van der Waals surface area contributed by atoms with Crippen LogP contribution in [0.5, 0.6) is 0 Å². The van der Waals surface area contributed by atoms with Crippen LogP contribution in [0.3, 0.4) is 0 Å². The minimum absolute atomic E-state index is 0.189. The van der Waals surface area contributed by atoms with E-state index in [0.717, 1.165) is 35.2 Å². The molecule has 2 heterocycles. The Bertz CT molecular complexity index is 674. The molecule has 1 saturated heterocycles. The van der Waals surface area contributed by atoms with E-state index in [2.05, 4.69) is 16.8 Å². The number of aromatic nitrogens is 1. The van der Waals surface area contributed by atoms with Crippen molar-refractivity contribution in [3.8, 4) is 0 Å². The summed E-state index contributed by atoms with van der Waals surface area (Å²) in [6, 6.07) is 8.35. The fourth-order valence-corrected chi connectivity index (χ4v) is 3.19. The molecule has 3 heteroatoms. The molecular weight excluding hydrogens is 248 g/mol. The Kier molecular flexibility index (Phi) is 3.62. The van der Waals surface area contributed by atoms with E-state index in [1.165, 1.54) is 19.3 Å². The number of hydrogen-bond donors (Lipinski definition) is 1. The second-order valence-electron chi connectivity index (χ2n) is 5.92. The summed E-state index contributed by atoms with van der Waals surface area (Å²) in [7, 11) is 0. The van der Waals surface area contributed by atoms with Crippen LogP contribution in [0.25, 0.3) is 10.9 Å². The van der Waals surface area contributed by atoms with Crippen molar-refractivity contribution in [3.63, 3.8) is 0 Å². The molecule has 1 N–H and O–H groups in total. The normalized spacial score (nSPS) is 20.4. The summed E-state index contributed by atoms with van der Waals surface area (Å²) in [4.78, 5) is 18.5. The van der Waals surface area contributed by atoms with Gasteiger partial charge in [-0.2, -0.15) is 0 Å². The van der Waals surface area contributed by atoms with E-state index in [0.29, 0.717) is 6.04 Å². The predicted molar refractivity (Wildman–Crippen MR) is 83.0 cm³/mol. The van der Waals surface area contributed by atoms with Gasteiger partial charge in [0.15, 0.2) is 5.43 Å². The number of para-hydroxylation sites is 1. The average molecular weight is 270 g/mol. The maximum absolute atomic E-state index is 12.7. The van der Waals surface area contributed by atoms with E-state index < -0.39 is 0 Å². The first-order valence-electron chi connectivity index (χ1n) is 7.51. The molecule has 2 aromatic rings. The number of fused-ring (bicyclic) bond motifs is 1. The minimum atomic E-state index is 0.189. The summed E-state index contributed by atoms with van der Waals surface area (Å²) in [5.74, 6) is 0. The molecule has 0 saturated carbocycles. The maximum atomic E-state index is 12.7. The molecule has 0 unspecified atom stereocenters. The first-order chi connectivity index (χ1) is 9.66. The van der Waals surface area contributed by atoms with Crippen molar-refractivity contribution in [1.29, 1.82) is 0 Å². The van der Waals surface area contributed by atoms with E-state index in [9.17, 15) is 4.79 Å². The van der Waals surface area contributed by atoms with Gasteiger partial charge in [-0.3, -0.25) is 9.69 Å². The van der Waals surface area contributed by atoms with Crippen LogP contribution in [0.1, 0.15) is 37.4 Å². The molecule has 3 nitrogen and oxygen atoms in total. The van der Waals surface area contributed by atoms with Crippen molar-refractivity contribution in [2.75, 3.05) is 6.54 Å². The topological polar surface area (TPSA) is 36.1 Å². The van der Waals surface area contributed by atoms with Crippen LogP contribution < -0.4 is 5.43 Å². The first kappa shape index (κ1) is 13.4. The Balaban J connectivity index is 2.00. The van der Waals surface area contributed by atoms with Gasteiger partial charge in [0.1, 0.15) is 0 Å². The van der Waals surface area contributed by atoms with Crippen molar-refractivity contribution in [3.05, 3.63) is 45.7 Å². The highest BCUT2D eigenvalue weighted by Crippen LogP contribution is 2.20. The fraction of sp³-hybridized carbons (Fsp3) is 0.471. The zero-order chi connectivity index (χ0) is 14.1. The molecule has 0 amide bonds. The van der Waals surface area contributed by atoms with Crippen LogP contribution in [0.15, 0.2) is 29.1 Å². The molecule has 1 atom stereocenters. The summed E-state index contributed by atoms with van der Waals surface area (Å²) >= 11 is 0. The van der Waals surface area contributed by atoms with Crippen LogP contribution >= 0.6 is 0 Å².